The Balaban J connectivity index is 1.79. The lowest BCUT2D eigenvalue weighted by Crippen LogP contribution is -2.32. The van der Waals surface area contributed by atoms with Crippen molar-refractivity contribution in [1.29, 1.82) is 0 Å². The monoisotopic (exact) mass is 370 g/mol. The number of rotatable bonds is 2. The average Bonchev–Trinajstić information content (AvgIpc) is 2.74. The molecule has 1 aliphatic rings. The molecule has 0 saturated heterocycles. The summed E-state index contributed by atoms with van der Waals surface area (Å²) >= 11 is 0. The zero-order valence-electron chi connectivity index (χ0n) is 14.7. The average molecular weight is 370 g/mol. The number of hydrogen-bond acceptors (Lipinski definition) is 4. The summed E-state index contributed by atoms with van der Waals surface area (Å²) in [4.78, 5) is 17.0. The van der Waals surface area contributed by atoms with E-state index in [0.717, 1.165) is 11.3 Å². The molecule has 0 amide bonds. The lowest BCUT2D eigenvalue weighted by molar-refractivity contribution is 0.514. The molecule has 1 N–H and O–H groups in total. The number of para-hydroxylation sites is 1. The summed E-state index contributed by atoms with van der Waals surface area (Å²) in [6, 6.07) is 23.2. The number of anilines is 1. The maximum absolute atomic E-state index is 14.6. The topological polar surface area (TPSA) is 59.8 Å². The Morgan fingerprint density at radius 1 is 0.893 bits per heavy atom. The van der Waals surface area contributed by atoms with Crippen molar-refractivity contribution in [1.82, 2.24) is 14.8 Å². The van der Waals surface area contributed by atoms with Crippen LogP contribution >= 0.6 is 0 Å². The van der Waals surface area contributed by atoms with E-state index < -0.39 is 11.7 Å². The maximum Gasteiger partial charge on any atom is 0.300 e. The lowest BCUT2D eigenvalue weighted by Gasteiger charge is -2.30. The van der Waals surface area contributed by atoms with E-state index in [2.05, 4.69) is 15.4 Å². The minimum Gasteiger partial charge on any atom is -0.359 e. The van der Waals surface area contributed by atoms with Crippen LogP contribution in [0.4, 0.5) is 10.1 Å². The van der Waals surface area contributed by atoms with Crippen LogP contribution < -0.4 is 10.9 Å². The second kappa shape index (κ2) is 6.42. The Labute approximate surface area is 160 Å². The van der Waals surface area contributed by atoms with Crippen LogP contribution in [0.25, 0.3) is 22.6 Å². The van der Waals surface area contributed by atoms with E-state index in [1.54, 1.807) is 35.0 Å². The van der Waals surface area contributed by atoms with E-state index in [0.29, 0.717) is 17.0 Å². The van der Waals surface area contributed by atoms with Crippen molar-refractivity contribution in [3.05, 3.63) is 101 Å². The van der Waals surface area contributed by atoms with Crippen molar-refractivity contribution in [2.45, 2.75) is 6.17 Å². The number of fused-ring (bicyclic) bond motifs is 3. The van der Waals surface area contributed by atoms with Crippen LogP contribution in [0.15, 0.2) is 83.7 Å². The van der Waals surface area contributed by atoms with Crippen LogP contribution in [0, 0.1) is 5.82 Å². The van der Waals surface area contributed by atoms with Crippen LogP contribution in [0.5, 0.6) is 0 Å². The smallest absolute Gasteiger partial charge is 0.300 e. The first-order valence-electron chi connectivity index (χ1n) is 8.89. The first-order chi connectivity index (χ1) is 13.7. The Hall–Kier alpha value is -3.80. The summed E-state index contributed by atoms with van der Waals surface area (Å²) in [6.45, 7) is 0. The second-order valence-corrected chi connectivity index (χ2v) is 6.51. The number of hydrogen-bond donors (Lipinski definition) is 1. The molecule has 2 heterocycles. The van der Waals surface area contributed by atoms with Crippen molar-refractivity contribution in [3.63, 3.8) is 0 Å². The Morgan fingerprint density at radius 3 is 2.43 bits per heavy atom. The third kappa shape index (κ3) is 2.58. The van der Waals surface area contributed by atoms with E-state index in [-0.39, 0.29) is 11.5 Å². The van der Waals surface area contributed by atoms with Crippen molar-refractivity contribution in [2.75, 3.05) is 5.32 Å². The van der Waals surface area contributed by atoms with Gasteiger partial charge in [-0.2, -0.15) is 10.1 Å². The van der Waals surface area contributed by atoms with E-state index in [1.807, 2.05) is 42.5 Å². The van der Waals surface area contributed by atoms with Gasteiger partial charge in [0.15, 0.2) is 17.7 Å². The summed E-state index contributed by atoms with van der Waals surface area (Å²) in [5.41, 5.74) is 2.43. The van der Waals surface area contributed by atoms with Crippen LogP contribution in [0.1, 0.15) is 11.7 Å². The first kappa shape index (κ1) is 16.4. The standard InChI is InChI=1S/C22H15FN4O/c23-17-12-6-4-10-15(17)20-24-18-13-7-5-11-16(18)21-25-22(28)19(26-27(20)21)14-8-2-1-3-9-14/h1-13,20,24H/t20-/m0/s1. The maximum atomic E-state index is 14.6. The molecule has 0 saturated carbocycles. The number of nitrogens with zero attached hydrogens (tertiary/aromatic N) is 3. The van der Waals surface area contributed by atoms with Gasteiger partial charge in [0.2, 0.25) is 0 Å². The van der Waals surface area contributed by atoms with Gasteiger partial charge in [-0.3, -0.25) is 4.79 Å². The zero-order valence-corrected chi connectivity index (χ0v) is 14.7. The van der Waals surface area contributed by atoms with E-state index in [4.69, 9.17) is 0 Å². The van der Waals surface area contributed by atoms with E-state index in [1.165, 1.54) is 6.07 Å². The SMILES string of the molecule is O=c1nc2n(nc1-c1ccccc1)[C@@H](c1ccccc1F)Nc1ccccc1-2. The molecule has 1 atom stereocenters. The summed E-state index contributed by atoms with van der Waals surface area (Å²) in [5, 5.41) is 7.92. The summed E-state index contributed by atoms with van der Waals surface area (Å²) in [5.74, 6) is 0.0550. The van der Waals surface area contributed by atoms with Gasteiger partial charge in [-0.1, -0.05) is 60.7 Å². The van der Waals surface area contributed by atoms with Crippen molar-refractivity contribution in [2.24, 2.45) is 0 Å². The third-order valence-electron chi connectivity index (χ3n) is 4.79. The van der Waals surface area contributed by atoms with Crippen LogP contribution in [0.3, 0.4) is 0 Å². The predicted octanol–water partition coefficient (Wildman–Crippen LogP) is 4.08. The molecule has 6 heteroatoms. The van der Waals surface area contributed by atoms with Gasteiger partial charge in [0.25, 0.3) is 5.56 Å². The molecule has 28 heavy (non-hydrogen) atoms. The van der Waals surface area contributed by atoms with Gasteiger partial charge in [-0.05, 0) is 18.2 Å². The second-order valence-electron chi connectivity index (χ2n) is 6.51. The number of benzene rings is 3. The van der Waals surface area contributed by atoms with Crippen LogP contribution in [0.2, 0.25) is 0 Å². The Bertz CT molecular complexity index is 1240. The van der Waals surface area contributed by atoms with Crippen LogP contribution in [-0.2, 0) is 0 Å². The van der Waals surface area contributed by atoms with Crippen molar-refractivity contribution < 1.29 is 4.39 Å². The van der Waals surface area contributed by atoms with Gasteiger partial charge in [0.1, 0.15) is 5.82 Å². The third-order valence-corrected chi connectivity index (χ3v) is 4.79. The Morgan fingerprint density at radius 2 is 1.61 bits per heavy atom. The molecule has 0 spiro atoms. The van der Waals surface area contributed by atoms with Gasteiger partial charge < -0.3 is 5.32 Å². The fourth-order valence-electron chi connectivity index (χ4n) is 3.46. The molecule has 0 radical (unpaired) electrons. The number of nitrogens with one attached hydrogen (secondary N) is 1. The summed E-state index contributed by atoms with van der Waals surface area (Å²) in [7, 11) is 0. The highest BCUT2D eigenvalue weighted by molar-refractivity contribution is 5.76. The van der Waals surface area contributed by atoms with Gasteiger partial charge >= 0.3 is 0 Å². The minimum atomic E-state index is -0.623. The highest BCUT2D eigenvalue weighted by Crippen LogP contribution is 2.36. The molecular formula is C22H15FN4O. The fourth-order valence-corrected chi connectivity index (χ4v) is 3.46. The van der Waals surface area contributed by atoms with E-state index in [9.17, 15) is 9.18 Å². The molecule has 3 aromatic carbocycles. The van der Waals surface area contributed by atoms with Gasteiger partial charge in [0.05, 0.1) is 0 Å². The summed E-state index contributed by atoms with van der Waals surface area (Å²) < 4.78 is 16.2. The predicted molar refractivity (Wildman–Crippen MR) is 105 cm³/mol. The highest BCUT2D eigenvalue weighted by atomic mass is 19.1. The molecule has 5 rings (SSSR count). The number of aromatic nitrogens is 3. The van der Waals surface area contributed by atoms with Crippen molar-refractivity contribution in [3.8, 4) is 22.6 Å². The molecule has 5 nitrogen and oxygen atoms in total. The molecule has 1 aromatic heterocycles. The highest BCUT2D eigenvalue weighted by Gasteiger charge is 2.29. The zero-order chi connectivity index (χ0) is 19.1. The molecule has 1 aliphatic heterocycles. The lowest BCUT2D eigenvalue weighted by atomic mass is 10.1. The van der Waals surface area contributed by atoms with Gasteiger partial charge in [-0.15, -0.1) is 0 Å². The fraction of sp³-hybridized carbons (Fsp3) is 0.0455. The van der Waals surface area contributed by atoms with Crippen molar-refractivity contribution >= 4 is 5.69 Å². The largest absolute Gasteiger partial charge is 0.359 e. The first-order valence-corrected chi connectivity index (χ1v) is 8.89. The van der Waals surface area contributed by atoms with E-state index >= 15 is 0 Å². The van der Waals surface area contributed by atoms with Gasteiger partial charge in [0, 0.05) is 22.4 Å². The minimum absolute atomic E-state index is 0.229. The quantitative estimate of drug-likeness (QED) is 0.578. The van der Waals surface area contributed by atoms with Crippen LogP contribution in [-0.4, -0.2) is 14.8 Å². The Kier molecular flexibility index (Phi) is 3.76. The molecule has 4 aromatic rings. The molecule has 136 valence electrons. The molecule has 0 bridgehead atoms. The molecular weight excluding hydrogens is 355 g/mol. The molecule has 0 unspecified atom stereocenters. The number of halogens is 1. The summed E-state index contributed by atoms with van der Waals surface area (Å²) in [6.07, 6.45) is -0.623. The normalized spacial score (nSPS) is 14.7. The van der Waals surface area contributed by atoms with Gasteiger partial charge in [-0.25, -0.2) is 9.07 Å². The molecule has 0 aliphatic carbocycles. The molecule has 0 fully saturated rings.